The number of benzene rings is 1. The SMILES string of the molecule is N#Cc1cc(C(F)(F)F)ccc1S(=O)(=O)N1C[C@H](COc2cnc(C(F)(F)F)nc2)[C@](O)(CO)C1. The Bertz CT molecular complexity index is 1230. The van der Waals surface area contributed by atoms with Crippen LogP contribution in [0.1, 0.15) is 17.0 Å². The predicted octanol–water partition coefficient (Wildman–Crippen LogP) is 1.81. The molecule has 1 aromatic carbocycles. The molecule has 16 heteroatoms. The van der Waals surface area contributed by atoms with Gasteiger partial charge in [0.2, 0.25) is 15.8 Å². The van der Waals surface area contributed by atoms with Crippen molar-refractivity contribution in [2.75, 3.05) is 26.3 Å². The van der Waals surface area contributed by atoms with Crippen LogP contribution in [0, 0.1) is 17.2 Å². The number of hydrogen-bond acceptors (Lipinski definition) is 8. The van der Waals surface area contributed by atoms with Gasteiger partial charge in [-0.25, -0.2) is 18.4 Å². The van der Waals surface area contributed by atoms with Gasteiger partial charge in [-0.1, -0.05) is 0 Å². The van der Waals surface area contributed by atoms with Gasteiger partial charge in [0, 0.05) is 19.0 Å². The van der Waals surface area contributed by atoms with E-state index < -0.39 is 82.0 Å². The maximum absolute atomic E-state index is 13.1. The molecule has 3 rings (SSSR count). The van der Waals surface area contributed by atoms with Gasteiger partial charge in [0.1, 0.15) is 11.7 Å². The van der Waals surface area contributed by atoms with Crippen molar-refractivity contribution in [1.29, 1.82) is 5.26 Å². The van der Waals surface area contributed by atoms with Crippen molar-refractivity contribution in [3.63, 3.8) is 0 Å². The summed E-state index contributed by atoms with van der Waals surface area (Å²) in [5.41, 5.74) is -4.06. The third-order valence-corrected chi connectivity index (χ3v) is 7.16. The molecule has 9 nitrogen and oxygen atoms in total. The maximum Gasteiger partial charge on any atom is 0.451 e. The number of sulfonamides is 1. The minimum atomic E-state index is -4.82. The lowest BCUT2D eigenvalue weighted by Crippen LogP contribution is -2.44. The fourth-order valence-corrected chi connectivity index (χ4v) is 5.05. The van der Waals surface area contributed by atoms with Crippen molar-refractivity contribution < 1.29 is 49.7 Å². The van der Waals surface area contributed by atoms with Crippen molar-refractivity contribution in [3.05, 3.63) is 47.5 Å². The molecule has 0 spiro atoms. The molecule has 0 amide bonds. The van der Waals surface area contributed by atoms with Gasteiger partial charge in [0.05, 0.1) is 41.6 Å². The molecule has 0 radical (unpaired) electrons. The van der Waals surface area contributed by atoms with Crippen molar-refractivity contribution in [2.45, 2.75) is 22.8 Å². The largest absolute Gasteiger partial charge is 0.490 e. The average molecular weight is 526 g/mol. The zero-order chi connectivity index (χ0) is 26.2. The molecule has 1 aromatic heterocycles. The van der Waals surface area contributed by atoms with Crippen LogP contribution in [-0.4, -0.2) is 64.8 Å². The Balaban J connectivity index is 1.82. The van der Waals surface area contributed by atoms with Gasteiger partial charge in [-0.2, -0.15) is 35.9 Å². The predicted molar refractivity (Wildman–Crippen MR) is 103 cm³/mol. The van der Waals surface area contributed by atoms with Crippen molar-refractivity contribution >= 4 is 10.0 Å². The Morgan fingerprint density at radius 2 is 1.80 bits per heavy atom. The molecule has 2 atom stereocenters. The summed E-state index contributed by atoms with van der Waals surface area (Å²) in [6.45, 7) is -2.58. The molecule has 1 aliphatic rings. The lowest BCUT2D eigenvalue weighted by molar-refractivity contribution is -0.145. The number of nitriles is 1. The highest BCUT2D eigenvalue weighted by atomic mass is 32.2. The molecule has 1 saturated heterocycles. The Morgan fingerprint density at radius 3 is 2.31 bits per heavy atom. The number of aromatic nitrogens is 2. The molecule has 2 N–H and O–H groups in total. The van der Waals surface area contributed by atoms with E-state index in [0.717, 1.165) is 12.4 Å². The monoisotopic (exact) mass is 526 g/mol. The van der Waals surface area contributed by atoms with Crippen LogP contribution in [0.2, 0.25) is 0 Å². The molecule has 1 aliphatic heterocycles. The quantitative estimate of drug-likeness (QED) is 0.544. The fraction of sp³-hybridized carbons (Fsp3) is 0.421. The van der Waals surface area contributed by atoms with E-state index in [0.29, 0.717) is 22.5 Å². The lowest BCUT2D eigenvalue weighted by atomic mass is 9.92. The molecule has 0 saturated carbocycles. The number of ether oxygens (including phenoxy) is 1. The number of nitrogens with zero attached hydrogens (tertiary/aromatic N) is 4. The highest BCUT2D eigenvalue weighted by Crippen LogP contribution is 2.36. The highest BCUT2D eigenvalue weighted by molar-refractivity contribution is 7.89. The molecule has 0 bridgehead atoms. The second-order valence-electron chi connectivity index (χ2n) is 7.63. The Kier molecular flexibility index (Phi) is 7.01. The summed E-state index contributed by atoms with van der Waals surface area (Å²) in [4.78, 5) is 5.47. The summed E-state index contributed by atoms with van der Waals surface area (Å²) in [5, 5.41) is 29.6. The van der Waals surface area contributed by atoms with E-state index in [9.17, 15) is 50.2 Å². The first-order chi connectivity index (χ1) is 16.1. The van der Waals surface area contributed by atoms with Crippen LogP contribution >= 0.6 is 0 Å². The second kappa shape index (κ2) is 9.22. The normalized spacial score (nSPS) is 21.6. The Labute approximate surface area is 194 Å². The van der Waals surface area contributed by atoms with E-state index in [1.807, 2.05) is 0 Å². The van der Waals surface area contributed by atoms with Crippen molar-refractivity contribution in [3.8, 4) is 11.8 Å². The minimum absolute atomic E-state index is 0.228. The van der Waals surface area contributed by atoms with Crippen molar-refractivity contribution in [1.82, 2.24) is 14.3 Å². The van der Waals surface area contributed by atoms with Gasteiger partial charge in [-0.05, 0) is 18.2 Å². The number of halogens is 6. The lowest BCUT2D eigenvalue weighted by Gasteiger charge is -2.26. The van der Waals surface area contributed by atoms with Gasteiger partial charge >= 0.3 is 12.4 Å². The fourth-order valence-electron chi connectivity index (χ4n) is 3.38. The van der Waals surface area contributed by atoms with Gasteiger partial charge in [-0.3, -0.25) is 0 Å². The first kappa shape index (κ1) is 26.6. The van der Waals surface area contributed by atoms with Gasteiger partial charge < -0.3 is 14.9 Å². The number of aliphatic hydroxyl groups is 2. The Hall–Kier alpha value is -3.00. The van der Waals surface area contributed by atoms with Crippen LogP contribution in [0.15, 0.2) is 35.5 Å². The number of aliphatic hydroxyl groups excluding tert-OH is 1. The van der Waals surface area contributed by atoms with E-state index in [-0.39, 0.29) is 5.75 Å². The van der Waals surface area contributed by atoms with E-state index in [4.69, 9.17) is 4.74 Å². The summed E-state index contributed by atoms with van der Waals surface area (Å²) in [7, 11) is -4.60. The minimum Gasteiger partial charge on any atom is -0.490 e. The van der Waals surface area contributed by atoms with Crippen molar-refractivity contribution in [2.24, 2.45) is 5.92 Å². The van der Waals surface area contributed by atoms with Crippen LogP contribution in [0.5, 0.6) is 5.75 Å². The van der Waals surface area contributed by atoms with Crippen LogP contribution < -0.4 is 4.74 Å². The van der Waals surface area contributed by atoms with E-state index in [1.54, 1.807) is 0 Å². The molecule has 2 aromatic rings. The van der Waals surface area contributed by atoms with Gasteiger partial charge in [0.25, 0.3) is 0 Å². The second-order valence-corrected chi connectivity index (χ2v) is 9.53. The van der Waals surface area contributed by atoms with Crippen LogP contribution in [0.3, 0.4) is 0 Å². The molecule has 0 aliphatic carbocycles. The highest BCUT2D eigenvalue weighted by Gasteiger charge is 2.50. The maximum atomic E-state index is 13.1. The van der Waals surface area contributed by atoms with Gasteiger partial charge in [-0.15, -0.1) is 0 Å². The van der Waals surface area contributed by atoms with Crippen LogP contribution in [-0.2, 0) is 22.4 Å². The number of rotatable bonds is 6. The molecular weight excluding hydrogens is 510 g/mol. The molecule has 190 valence electrons. The third kappa shape index (κ3) is 5.48. The summed E-state index contributed by atoms with van der Waals surface area (Å²) in [5.74, 6) is -2.75. The smallest absolute Gasteiger partial charge is 0.451 e. The average Bonchev–Trinajstić information content (AvgIpc) is 3.14. The third-order valence-electron chi connectivity index (χ3n) is 5.29. The zero-order valence-corrected chi connectivity index (χ0v) is 18.2. The zero-order valence-electron chi connectivity index (χ0n) is 17.4. The standard InChI is InChI=1S/C19H16F6N4O5S/c20-18(21,22)12-1-2-15(11(3-12)4-26)35(32,33)29-7-13(17(31,9-29)10-30)8-34-14-5-27-16(28-6-14)19(23,24)25/h1-3,5-6,13,30-31H,7-10H2/t13-,17-/m1/s1. The Morgan fingerprint density at radius 1 is 1.17 bits per heavy atom. The number of β-amino-alcohol motifs (C(OH)–C–C–N with tert-alkyl or cyclic N) is 1. The summed E-state index contributed by atoms with van der Waals surface area (Å²) < 4.78 is 109. The summed E-state index contributed by atoms with van der Waals surface area (Å²) in [6.07, 6.45) is -8.16. The first-order valence-electron chi connectivity index (χ1n) is 9.58. The first-order valence-corrected chi connectivity index (χ1v) is 11.0. The number of alkyl halides is 6. The molecular formula is C19H16F6N4O5S. The van der Waals surface area contributed by atoms with E-state index >= 15 is 0 Å². The van der Waals surface area contributed by atoms with E-state index in [1.165, 1.54) is 6.07 Å². The van der Waals surface area contributed by atoms with Crippen LogP contribution in [0.4, 0.5) is 26.3 Å². The number of hydrogen-bond donors (Lipinski definition) is 2. The molecule has 1 fully saturated rings. The van der Waals surface area contributed by atoms with Crippen LogP contribution in [0.25, 0.3) is 0 Å². The molecule has 2 heterocycles. The topological polar surface area (TPSA) is 137 Å². The van der Waals surface area contributed by atoms with E-state index in [2.05, 4.69) is 9.97 Å². The molecule has 0 unspecified atom stereocenters. The van der Waals surface area contributed by atoms with Gasteiger partial charge in [0.15, 0.2) is 5.75 Å². The molecule has 35 heavy (non-hydrogen) atoms. The summed E-state index contributed by atoms with van der Waals surface area (Å²) in [6, 6.07) is 2.91. The summed E-state index contributed by atoms with van der Waals surface area (Å²) >= 11 is 0.